The largest absolute Gasteiger partial charge is 0.468 e. The predicted octanol–water partition coefficient (Wildman–Crippen LogP) is 1.60. The molecule has 0 N–H and O–H groups in total. The van der Waals surface area contributed by atoms with Gasteiger partial charge in [-0.05, 0) is 18.4 Å². The zero-order chi connectivity index (χ0) is 13.7. The first kappa shape index (κ1) is 14.7. The number of hydrogen-bond acceptors (Lipinski definition) is 6. The van der Waals surface area contributed by atoms with Crippen LogP contribution in [0.25, 0.3) is 0 Å². The van der Waals surface area contributed by atoms with Gasteiger partial charge in [-0.3, -0.25) is 19.1 Å². The van der Waals surface area contributed by atoms with Gasteiger partial charge in [-0.25, -0.2) is 0 Å². The lowest BCUT2D eigenvalue weighted by Crippen LogP contribution is -2.13. The Morgan fingerprint density at radius 2 is 2.22 bits per heavy atom. The Morgan fingerprint density at radius 3 is 2.72 bits per heavy atom. The molecule has 0 saturated carbocycles. The monoisotopic (exact) mass is 289 g/mol. The van der Waals surface area contributed by atoms with Gasteiger partial charge in [0.25, 0.3) is 5.69 Å². The first-order valence-corrected chi connectivity index (χ1v) is 7.31. The minimum Gasteiger partial charge on any atom is -0.468 e. The molecule has 6 nitrogen and oxygen atoms in total. The lowest BCUT2D eigenvalue weighted by Gasteiger charge is -2.04. The Hall–Kier alpha value is -1.41. The third-order valence-electron chi connectivity index (χ3n) is 2.08. The molecule has 0 bridgehead atoms. The van der Waals surface area contributed by atoms with E-state index in [-0.39, 0.29) is 10.6 Å². The molecule has 1 atom stereocenters. The third kappa shape index (κ3) is 3.54. The molecule has 0 saturated heterocycles. The number of nitro groups is 1. The third-order valence-corrected chi connectivity index (χ3v) is 4.14. The summed E-state index contributed by atoms with van der Waals surface area (Å²) in [6.07, 6.45) is 1.78. The van der Waals surface area contributed by atoms with Gasteiger partial charge < -0.3 is 4.74 Å². The molecule has 0 aliphatic rings. The number of esters is 1. The van der Waals surface area contributed by atoms with Gasteiger partial charge in [0.15, 0.2) is 0 Å². The second kappa shape index (κ2) is 6.50. The second-order valence-corrected chi connectivity index (χ2v) is 5.46. The molecule has 1 aromatic rings. The fraction of sp³-hybridized carbons (Fsp3) is 0.300. The normalized spacial score (nSPS) is 11.9. The molecule has 1 aromatic carbocycles. The van der Waals surface area contributed by atoms with E-state index < -0.39 is 27.4 Å². The minimum atomic E-state index is -1.78. The molecule has 0 spiro atoms. The van der Waals surface area contributed by atoms with Crippen LogP contribution in [0, 0.1) is 10.1 Å². The van der Waals surface area contributed by atoms with Crippen molar-refractivity contribution < 1.29 is 18.7 Å². The fourth-order valence-corrected chi connectivity index (χ4v) is 2.71. The summed E-state index contributed by atoms with van der Waals surface area (Å²) in [7, 11) is -0.610. The van der Waals surface area contributed by atoms with Crippen LogP contribution in [0.3, 0.4) is 0 Å². The summed E-state index contributed by atoms with van der Waals surface area (Å²) in [4.78, 5) is 22.0. The topological polar surface area (TPSA) is 86.5 Å². The highest BCUT2D eigenvalue weighted by molar-refractivity contribution is 7.98. The summed E-state index contributed by atoms with van der Waals surface area (Å²) in [6.45, 7) is 0. The van der Waals surface area contributed by atoms with E-state index >= 15 is 0 Å². The van der Waals surface area contributed by atoms with Gasteiger partial charge in [-0.15, -0.1) is 11.8 Å². The smallest absolute Gasteiger partial charge is 0.318 e. The molecule has 1 unspecified atom stereocenters. The SMILES string of the molecule is COC(=O)CS(=O)c1ccc(SC)cc1[N+](=O)[O-]. The maximum absolute atomic E-state index is 11.8. The number of benzene rings is 1. The van der Waals surface area contributed by atoms with Gasteiger partial charge in [0.1, 0.15) is 10.6 Å². The molecule has 0 aliphatic heterocycles. The van der Waals surface area contributed by atoms with Crippen LogP contribution in [0.2, 0.25) is 0 Å². The van der Waals surface area contributed by atoms with Crippen LogP contribution in [-0.4, -0.2) is 34.2 Å². The van der Waals surface area contributed by atoms with Gasteiger partial charge >= 0.3 is 5.97 Å². The number of nitrogens with zero attached hydrogens (tertiary/aromatic N) is 1. The van der Waals surface area contributed by atoms with Crippen molar-refractivity contribution in [3.05, 3.63) is 28.3 Å². The quantitative estimate of drug-likeness (QED) is 0.354. The highest BCUT2D eigenvalue weighted by Gasteiger charge is 2.21. The summed E-state index contributed by atoms with van der Waals surface area (Å²) < 4.78 is 16.2. The number of rotatable bonds is 5. The van der Waals surface area contributed by atoms with E-state index in [4.69, 9.17) is 0 Å². The number of nitro benzene ring substituents is 1. The van der Waals surface area contributed by atoms with Crippen molar-refractivity contribution in [2.45, 2.75) is 9.79 Å². The van der Waals surface area contributed by atoms with E-state index in [1.54, 1.807) is 12.3 Å². The van der Waals surface area contributed by atoms with Crippen molar-refractivity contribution in [3.63, 3.8) is 0 Å². The zero-order valence-electron chi connectivity index (χ0n) is 9.74. The Balaban J connectivity index is 3.11. The van der Waals surface area contributed by atoms with E-state index in [9.17, 15) is 19.1 Å². The molecule has 1 rings (SSSR count). The van der Waals surface area contributed by atoms with Gasteiger partial charge in [0, 0.05) is 11.0 Å². The standard InChI is InChI=1S/C10H11NO5S2/c1-16-10(12)6-18(15)9-4-3-7(17-2)5-8(9)11(13)14/h3-5H,6H2,1-2H3. The summed E-state index contributed by atoms with van der Waals surface area (Å²) in [5, 5.41) is 10.9. The summed E-state index contributed by atoms with van der Waals surface area (Å²) in [5.41, 5.74) is -0.246. The van der Waals surface area contributed by atoms with E-state index in [0.717, 1.165) is 0 Å². The van der Waals surface area contributed by atoms with Crippen molar-refractivity contribution in [1.82, 2.24) is 0 Å². The van der Waals surface area contributed by atoms with E-state index in [0.29, 0.717) is 4.90 Å². The van der Waals surface area contributed by atoms with E-state index in [1.807, 2.05) is 0 Å². The molecule has 0 aromatic heterocycles. The molecule has 0 aliphatic carbocycles. The van der Waals surface area contributed by atoms with Crippen LogP contribution in [0.1, 0.15) is 0 Å². The van der Waals surface area contributed by atoms with Crippen LogP contribution >= 0.6 is 11.8 Å². The van der Waals surface area contributed by atoms with E-state index in [2.05, 4.69) is 4.74 Å². The van der Waals surface area contributed by atoms with Gasteiger partial charge in [0.2, 0.25) is 0 Å². The van der Waals surface area contributed by atoms with Crippen molar-refractivity contribution in [2.75, 3.05) is 19.1 Å². The molecule has 0 radical (unpaired) electrons. The average molecular weight is 289 g/mol. The Bertz CT molecular complexity index is 503. The Labute approximate surface area is 110 Å². The van der Waals surface area contributed by atoms with Crippen LogP contribution in [0.15, 0.2) is 28.0 Å². The first-order valence-electron chi connectivity index (χ1n) is 4.77. The molecule has 0 fully saturated rings. The number of hydrogen-bond donors (Lipinski definition) is 0. The summed E-state index contributed by atoms with van der Waals surface area (Å²) in [6, 6.07) is 4.38. The lowest BCUT2D eigenvalue weighted by atomic mass is 10.3. The fourth-order valence-electron chi connectivity index (χ4n) is 1.20. The number of carbonyl (C=O) groups is 1. The second-order valence-electron chi connectivity index (χ2n) is 3.16. The van der Waals surface area contributed by atoms with Crippen LogP contribution in [0.4, 0.5) is 5.69 Å². The van der Waals surface area contributed by atoms with Gasteiger partial charge in [-0.1, -0.05) is 0 Å². The van der Waals surface area contributed by atoms with Crippen molar-refractivity contribution in [3.8, 4) is 0 Å². The maximum atomic E-state index is 11.8. The van der Waals surface area contributed by atoms with Gasteiger partial charge in [-0.2, -0.15) is 0 Å². The number of thioether (sulfide) groups is 1. The van der Waals surface area contributed by atoms with Crippen molar-refractivity contribution in [2.24, 2.45) is 0 Å². The average Bonchev–Trinajstić information content (AvgIpc) is 2.37. The Kier molecular flexibility index (Phi) is 5.29. The Morgan fingerprint density at radius 1 is 1.56 bits per heavy atom. The van der Waals surface area contributed by atoms with Gasteiger partial charge in [0.05, 0.1) is 22.8 Å². The lowest BCUT2D eigenvalue weighted by molar-refractivity contribution is -0.388. The van der Waals surface area contributed by atoms with Crippen molar-refractivity contribution >= 4 is 34.2 Å². The number of methoxy groups -OCH3 is 1. The highest BCUT2D eigenvalue weighted by Crippen LogP contribution is 2.27. The van der Waals surface area contributed by atoms with Crippen molar-refractivity contribution in [1.29, 1.82) is 0 Å². The number of ether oxygens (including phenoxy) is 1. The molecule has 18 heavy (non-hydrogen) atoms. The highest BCUT2D eigenvalue weighted by atomic mass is 32.2. The zero-order valence-corrected chi connectivity index (χ0v) is 11.4. The molecular formula is C10H11NO5S2. The summed E-state index contributed by atoms with van der Waals surface area (Å²) in [5.74, 6) is -1.06. The minimum absolute atomic E-state index is 0.0307. The molecular weight excluding hydrogens is 278 g/mol. The van der Waals surface area contributed by atoms with Crippen LogP contribution in [-0.2, 0) is 20.3 Å². The predicted molar refractivity (Wildman–Crippen MR) is 68.2 cm³/mol. The molecule has 0 heterocycles. The number of carbonyl (C=O) groups excluding carboxylic acids is 1. The summed E-state index contributed by atoms with van der Waals surface area (Å²) >= 11 is 1.34. The maximum Gasteiger partial charge on any atom is 0.318 e. The van der Waals surface area contributed by atoms with Crippen LogP contribution in [0.5, 0.6) is 0 Å². The molecule has 8 heteroatoms. The van der Waals surface area contributed by atoms with Crippen LogP contribution < -0.4 is 0 Å². The molecule has 98 valence electrons. The molecule has 0 amide bonds. The van der Waals surface area contributed by atoms with E-state index in [1.165, 1.54) is 31.0 Å². The first-order chi connectivity index (χ1) is 8.49.